The van der Waals surface area contributed by atoms with Gasteiger partial charge >= 0.3 is 13.7 Å². The molecule has 2 heterocycles. The first kappa shape index (κ1) is 25.8. The Balaban J connectivity index is 1.48. The lowest BCUT2D eigenvalue weighted by Gasteiger charge is -2.23. The fourth-order valence-corrected chi connectivity index (χ4v) is 5.35. The minimum atomic E-state index is -4.30. The Labute approximate surface area is 209 Å². The summed E-state index contributed by atoms with van der Waals surface area (Å²) in [4.78, 5) is 23.9. The third kappa shape index (κ3) is 5.59. The molecule has 0 amide bonds. The number of carboxylic acid groups (broad SMARTS) is 1. The molecular formula is C21H23ClFN6O6P. The Kier molecular flexibility index (Phi) is 7.46. The van der Waals surface area contributed by atoms with Gasteiger partial charge in [0.2, 0.25) is 11.8 Å². The molecule has 3 aromatic rings. The quantitative estimate of drug-likeness (QED) is 0.254. The molecule has 1 aliphatic carbocycles. The minimum absolute atomic E-state index is 0.0362. The molecular weight excluding hydrogens is 518 g/mol. The highest BCUT2D eigenvalue weighted by atomic mass is 35.5. The molecule has 4 rings (SSSR count). The lowest BCUT2D eigenvalue weighted by atomic mass is 10.1. The molecule has 0 saturated carbocycles. The number of nitrogens with zero attached hydrogens (tertiary/aromatic N) is 4. The van der Waals surface area contributed by atoms with Crippen molar-refractivity contribution in [3.8, 4) is 11.6 Å². The lowest BCUT2D eigenvalue weighted by Crippen LogP contribution is -2.33. The van der Waals surface area contributed by atoms with Crippen molar-refractivity contribution in [1.82, 2.24) is 24.6 Å². The van der Waals surface area contributed by atoms with E-state index in [1.54, 1.807) is 10.9 Å². The van der Waals surface area contributed by atoms with Crippen molar-refractivity contribution < 1.29 is 32.6 Å². The second-order valence-corrected chi connectivity index (χ2v) is 10.1. The average molecular weight is 541 g/mol. The fraction of sp³-hybridized carbons (Fsp3) is 0.333. The van der Waals surface area contributed by atoms with Gasteiger partial charge in [-0.1, -0.05) is 23.8 Å². The highest BCUT2D eigenvalue weighted by Crippen LogP contribution is 2.47. The number of carboxylic acids is 1. The van der Waals surface area contributed by atoms with Crippen LogP contribution in [0.15, 0.2) is 36.7 Å². The summed E-state index contributed by atoms with van der Waals surface area (Å²) in [6.45, 7) is 1.16. The number of rotatable bonds is 10. The summed E-state index contributed by atoms with van der Waals surface area (Å²) in [5.41, 5.74) is 6.72. The fourth-order valence-electron chi connectivity index (χ4n) is 3.63. The molecule has 4 N–H and O–H groups in total. The van der Waals surface area contributed by atoms with Crippen LogP contribution < -0.4 is 20.1 Å². The summed E-state index contributed by atoms with van der Waals surface area (Å²) in [5, 5.41) is 11.7. The molecule has 0 fully saturated rings. The van der Waals surface area contributed by atoms with E-state index in [4.69, 9.17) is 31.1 Å². The zero-order chi connectivity index (χ0) is 26.0. The Morgan fingerprint density at radius 2 is 2.19 bits per heavy atom. The zero-order valence-electron chi connectivity index (χ0n) is 19.2. The van der Waals surface area contributed by atoms with Crippen LogP contribution in [-0.4, -0.2) is 50.4 Å². The molecule has 0 aliphatic heterocycles. The first-order valence-corrected chi connectivity index (χ1v) is 12.6. The lowest BCUT2D eigenvalue weighted by molar-refractivity contribution is -0.138. The monoisotopic (exact) mass is 540 g/mol. The number of methoxy groups -OCH3 is 1. The van der Waals surface area contributed by atoms with Gasteiger partial charge in [0, 0.05) is 10.9 Å². The van der Waals surface area contributed by atoms with E-state index in [0.717, 1.165) is 6.07 Å². The first-order valence-electron chi connectivity index (χ1n) is 10.7. The van der Waals surface area contributed by atoms with Gasteiger partial charge in [0.05, 0.1) is 26.1 Å². The van der Waals surface area contributed by atoms with Crippen LogP contribution in [0.3, 0.4) is 0 Å². The van der Waals surface area contributed by atoms with Gasteiger partial charge in [-0.15, -0.1) is 0 Å². The third-order valence-electron chi connectivity index (χ3n) is 5.40. The number of carbonyl (C=O) groups is 1. The van der Waals surface area contributed by atoms with Crippen molar-refractivity contribution in [2.45, 2.75) is 25.4 Å². The predicted molar refractivity (Wildman–Crippen MR) is 128 cm³/mol. The van der Waals surface area contributed by atoms with Gasteiger partial charge < -0.3 is 24.7 Å². The third-order valence-corrected chi connectivity index (χ3v) is 7.26. The molecule has 36 heavy (non-hydrogen) atoms. The van der Waals surface area contributed by atoms with Crippen LogP contribution in [0.2, 0.25) is 5.02 Å². The second-order valence-electron chi connectivity index (χ2n) is 8.01. The summed E-state index contributed by atoms with van der Waals surface area (Å²) >= 11 is 5.75. The molecule has 15 heteroatoms. The average Bonchev–Trinajstić information content (AvgIpc) is 3.46. The Morgan fingerprint density at radius 3 is 2.89 bits per heavy atom. The molecule has 2 unspecified atom stereocenters. The standard InChI is InChI=1S/C21H23ClFN6O6P/c1-11(20(30)31)28-36(32,35-16-6-4-13(22)8-15(16)23)34-9-12-3-5-14(7-12)29-10-25-17-18(29)26-21(24)27-19(17)33-2/h3-6,8,10-12,14H,7,9H2,1-2H3,(H,28,32)(H,30,31)(H2,24,26,27)/t11?,12-,14+,36?/m1/s1. The van der Waals surface area contributed by atoms with Gasteiger partial charge in [0.25, 0.3) is 0 Å². The largest absolute Gasteiger partial charge is 0.480 e. The van der Waals surface area contributed by atoms with Crippen LogP contribution >= 0.6 is 19.3 Å². The predicted octanol–water partition coefficient (Wildman–Crippen LogP) is 3.59. The summed E-state index contributed by atoms with van der Waals surface area (Å²) in [6.07, 6.45) is 5.86. The number of nitrogens with one attached hydrogen (secondary N) is 1. The van der Waals surface area contributed by atoms with E-state index in [2.05, 4.69) is 20.0 Å². The summed E-state index contributed by atoms with van der Waals surface area (Å²) in [6, 6.07) is 2.03. The summed E-state index contributed by atoms with van der Waals surface area (Å²) in [7, 11) is -2.85. The van der Waals surface area contributed by atoms with Gasteiger partial charge in [-0.05, 0) is 31.5 Å². The van der Waals surface area contributed by atoms with Gasteiger partial charge in [0.15, 0.2) is 22.7 Å². The Morgan fingerprint density at radius 1 is 1.42 bits per heavy atom. The van der Waals surface area contributed by atoms with Crippen LogP contribution in [0, 0.1) is 11.7 Å². The second kappa shape index (κ2) is 10.4. The molecule has 0 radical (unpaired) electrons. The molecule has 4 atom stereocenters. The van der Waals surface area contributed by atoms with Crippen LogP contribution in [0.5, 0.6) is 11.6 Å². The van der Waals surface area contributed by atoms with E-state index in [1.165, 1.54) is 26.2 Å². The van der Waals surface area contributed by atoms with Crippen LogP contribution in [0.1, 0.15) is 19.4 Å². The van der Waals surface area contributed by atoms with Gasteiger partial charge in [-0.2, -0.15) is 15.1 Å². The zero-order valence-corrected chi connectivity index (χ0v) is 20.8. The highest BCUT2D eigenvalue weighted by molar-refractivity contribution is 7.52. The van der Waals surface area contributed by atoms with E-state index in [-0.39, 0.29) is 35.4 Å². The molecule has 1 aliphatic rings. The number of nitrogen functional groups attached to an aromatic ring is 1. The Bertz CT molecular complexity index is 1370. The number of imidazole rings is 1. The van der Waals surface area contributed by atoms with E-state index in [0.29, 0.717) is 17.6 Å². The molecule has 0 saturated heterocycles. The number of allylic oxidation sites excluding steroid dienone is 1. The number of aromatic nitrogens is 4. The summed E-state index contributed by atoms with van der Waals surface area (Å²) < 4.78 is 45.5. The van der Waals surface area contributed by atoms with Gasteiger partial charge in [-0.25, -0.2) is 13.9 Å². The molecule has 1 aromatic carbocycles. The van der Waals surface area contributed by atoms with Crippen molar-refractivity contribution in [3.63, 3.8) is 0 Å². The number of hydrogen-bond acceptors (Lipinski definition) is 9. The number of fused-ring (bicyclic) bond motifs is 1. The Hall–Kier alpha value is -3.25. The summed E-state index contributed by atoms with van der Waals surface area (Å²) in [5.74, 6) is -2.51. The topological polar surface area (TPSA) is 164 Å². The maximum Gasteiger partial charge on any atom is 0.459 e. The minimum Gasteiger partial charge on any atom is -0.480 e. The molecule has 12 nitrogen and oxygen atoms in total. The van der Waals surface area contributed by atoms with Crippen molar-refractivity contribution in [2.75, 3.05) is 19.5 Å². The van der Waals surface area contributed by atoms with E-state index in [9.17, 15) is 18.9 Å². The molecule has 0 bridgehead atoms. The van der Waals surface area contributed by atoms with Crippen LogP contribution in [0.4, 0.5) is 10.3 Å². The van der Waals surface area contributed by atoms with Crippen LogP contribution in [-0.2, 0) is 13.9 Å². The van der Waals surface area contributed by atoms with Gasteiger partial charge in [-0.3, -0.25) is 9.32 Å². The van der Waals surface area contributed by atoms with Crippen molar-refractivity contribution >= 4 is 42.4 Å². The maximum atomic E-state index is 14.3. The van der Waals surface area contributed by atoms with Crippen LogP contribution in [0.25, 0.3) is 11.2 Å². The van der Waals surface area contributed by atoms with Crippen molar-refractivity contribution in [3.05, 3.63) is 47.5 Å². The van der Waals surface area contributed by atoms with Gasteiger partial charge in [0.1, 0.15) is 6.04 Å². The van der Waals surface area contributed by atoms with E-state index >= 15 is 0 Å². The van der Waals surface area contributed by atoms with E-state index in [1.807, 2.05) is 12.2 Å². The number of benzene rings is 1. The number of hydrogen-bond donors (Lipinski definition) is 3. The molecule has 0 spiro atoms. The van der Waals surface area contributed by atoms with Crippen molar-refractivity contribution in [2.24, 2.45) is 5.92 Å². The molecule has 2 aromatic heterocycles. The SMILES string of the molecule is COc1nc(N)nc2c1ncn2[C@H]1C=C[C@@H](COP(=O)(NC(C)C(=O)O)Oc2ccc(Cl)cc2F)C1. The normalized spacial score (nSPS) is 19.8. The number of nitrogens with two attached hydrogens (primary N) is 1. The number of ether oxygens (including phenoxy) is 1. The highest BCUT2D eigenvalue weighted by Gasteiger charge is 2.34. The smallest absolute Gasteiger partial charge is 0.459 e. The number of halogens is 2. The van der Waals surface area contributed by atoms with Crippen molar-refractivity contribution in [1.29, 1.82) is 0 Å². The number of anilines is 1. The molecule has 192 valence electrons. The van der Waals surface area contributed by atoms with E-state index < -0.39 is 31.3 Å². The first-order chi connectivity index (χ1) is 17.1. The number of aliphatic carboxylic acids is 1. The maximum absolute atomic E-state index is 14.3.